The van der Waals surface area contributed by atoms with Crippen molar-refractivity contribution in [2.45, 2.75) is 32.8 Å². The number of ether oxygens (including phenoxy) is 2. The number of nitrogens with one attached hydrogen (secondary N) is 1. The van der Waals surface area contributed by atoms with E-state index in [2.05, 4.69) is 4.72 Å². The van der Waals surface area contributed by atoms with Crippen molar-refractivity contribution in [3.63, 3.8) is 0 Å². The fraction of sp³-hybridized carbons (Fsp3) is 0.333. The summed E-state index contributed by atoms with van der Waals surface area (Å²) >= 11 is 0. The molecule has 0 bridgehead atoms. The number of anilines is 1. The molecule has 0 spiro atoms. The second kappa shape index (κ2) is 10.1. The molecule has 0 fully saturated rings. The van der Waals surface area contributed by atoms with Crippen molar-refractivity contribution < 1.29 is 27.5 Å². The average Bonchev–Trinajstić information content (AvgIpc) is 2.65. The summed E-state index contributed by atoms with van der Waals surface area (Å²) in [5, 5.41) is 0. The van der Waals surface area contributed by atoms with Crippen molar-refractivity contribution in [3.05, 3.63) is 59.7 Å². The fourth-order valence-electron chi connectivity index (χ4n) is 2.50. The topological polar surface area (TPSA) is 98.8 Å². The van der Waals surface area contributed by atoms with Crippen molar-refractivity contribution in [3.8, 4) is 5.75 Å². The molecular formula is C21H25NO6S. The molecule has 7 nitrogen and oxygen atoms in total. The van der Waals surface area contributed by atoms with Crippen LogP contribution < -0.4 is 9.46 Å². The van der Waals surface area contributed by atoms with Crippen LogP contribution in [0.4, 0.5) is 5.69 Å². The monoisotopic (exact) mass is 419 g/mol. The maximum atomic E-state index is 12.4. The molecular weight excluding hydrogens is 394 g/mol. The summed E-state index contributed by atoms with van der Waals surface area (Å²) in [6.45, 7) is 3.87. The Balaban J connectivity index is 1.76. The van der Waals surface area contributed by atoms with Gasteiger partial charge in [0.25, 0.3) is 0 Å². The van der Waals surface area contributed by atoms with Crippen LogP contribution in [-0.4, -0.2) is 39.1 Å². The number of rotatable bonds is 10. The van der Waals surface area contributed by atoms with Crippen LogP contribution in [0.2, 0.25) is 0 Å². The van der Waals surface area contributed by atoms with Gasteiger partial charge in [0, 0.05) is 17.7 Å². The highest BCUT2D eigenvalue weighted by molar-refractivity contribution is 7.92. The normalized spacial score (nSPS) is 12.1. The van der Waals surface area contributed by atoms with Crippen molar-refractivity contribution >= 4 is 27.5 Å². The molecule has 0 aliphatic rings. The molecule has 0 heterocycles. The molecule has 0 amide bonds. The zero-order chi connectivity index (χ0) is 21.4. The van der Waals surface area contributed by atoms with Gasteiger partial charge >= 0.3 is 5.97 Å². The van der Waals surface area contributed by atoms with Gasteiger partial charge in [-0.2, -0.15) is 0 Å². The third-order valence-electron chi connectivity index (χ3n) is 3.97. The number of benzene rings is 2. The van der Waals surface area contributed by atoms with Crippen LogP contribution in [0.25, 0.3) is 0 Å². The molecule has 1 unspecified atom stereocenters. The third kappa shape index (κ3) is 7.95. The van der Waals surface area contributed by atoms with Gasteiger partial charge in [0.2, 0.25) is 15.8 Å². The van der Waals surface area contributed by atoms with Gasteiger partial charge in [0.05, 0.1) is 12.9 Å². The Kier molecular flexibility index (Phi) is 7.78. The van der Waals surface area contributed by atoms with Gasteiger partial charge in [-0.15, -0.1) is 0 Å². The summed E-state index contributed by atoms with van der Waals surface area (Å²) < 4.78 is 35.5. The van der Waals surface area contributed by atoms with E-state index >= 15 is 0 Å². The van der Waals surface area contributed by atoms with Crippen LogP contribution >= 0.6 is 0 Å². The Hall–Kier alpha value is -2.87. The number of carbonyl (C=O) groups is 2. The Morgan fingerprint density at radius 3 is 2.24 bits per heavy atom. The first-order valence-electron chi connectivity index (χ1n) is 9.15. The van der Waals surface area contributed by atoms with Gasteiger partial charge in [0.15, 0.2) is 6.10 Å². The molecule has 0 aliphatic carbocycles. The minimum atomic E-state index is -3.39. The average molecular weight is 419 g/mol. The van der Waals surface area contributed by atoms with Gasteiger partial charge < -0.3 is 9.47 Å². The van der Waals surface area contributed by atoms with Crippen molar-refractivity contribution in [2.75, 3.05) is 17.6 Å². The van der Waals surface area contributed by atoms with E-state index in [1.54, 1.807) is 0 Å². The van der Waals surface area contributed by atoms with E-state index in [9.17, 15) is 18.0 Å². The zero-order valence-corrected chi connectivity index (χ0v) is 17.5. The molecule has 0 radical (unpaired) electrons. The number of ketones is 1. The van der Waals surface area contributed by atoms with E-state index in [-0.39, 0.29) is 12.2 Å². The Labute approximate surface area is 171 Å². The number of carbonyl (C=O) groups excluding carboxylic acids is 2. The highest BCUT2D eigenvalue weighted by Crippen LogP contribution is 2.14. The van der Waals surface area contributed by atoms with Crippen LogP contribution in [0, 0.1) is 6.92 Å². The number of sulfonamides is 1. The van der Waals surface area contributed by atoms with Crippen LogP contribution in [0.5, 0.6) is 5.75 Å². The lowest BCUT2D eigenvalue weighted by atomic mass is 10.1. The first-order valence-corrected chi connectivity index (χ1v) is 11.0. The van der Waals surface area contributed by atoms with Crippen LogP contribution in [0.3, 0.4) is 0 Å². The predicted molar refractivity (Wildman–Crippen MR) is 111 cm³/mol. The van der Waals surface area contributed by atoms with E-state index in [0.29, 0.717) is 24.3 Å². The number of hydrogen-bond acceptors (Lipinski definition) is 6. The smallest absolute Gasteiger partial charge is 0.306 e. The number of Topliss-reactive ketones (excluding diaryl/α,β-unsaturated/α-hetero) is 1. The SMILES string of the molecule is Cc1ccc(OCCCC(=O)OC(C)C(=O)c2ccc(NS(C)(=O)=O)cc2)cc1. The summed E-state index contributed by atoms with van der Waals surface area (Å²) in [5.41, 5.74) is 1.82. The third-order valence-corrected chi connectivity index (χ3v) is 4.57. The van der Waals surface area contributed by atoms with Crippen molar-refractivity contribution in [1.82, 2.24) is 0 Å². The predicted octanol–water partition coefficient (Wildman–Crippen LogP) is 3.34. The van der Waals surface area contributed by atoms with E-state index in [1.807, 2.05) is 31.2 Å². The lowest BCUT2D eigenvalue weighted by molar-refractivity contribution is -0.146. The van der Waals surface area contributed by atoms with Crippen LogP contribution in [-0.2, 0) is 19.6 Å². The second-order valence-electron chi connectivity index (χ2n) is 6.71. The second-order valence-corrected chi connectivity index (χ2v) is 8.46. The maximum absolute atomic E-state index is 12.4. The summed E-state index contributed by atoms with van der Waals surface area (Å²) in [5.74, 6) is -0.102. The summed E-state index contributed by atoms with van der Waals surface area (Å²) in [7, 11) is -3.39. The lowest BCUT2D eigenvalue weighted by Gasteiger charge is -2.13. The quantitative estimate of drug-likeness (QED) is 0.360. The molecule has 0 aliphatic heterocycles. The molecule has 2 rings (SSSR count). The summed E-state index contributed by atoms with van der Waals surface area (Å²) in [6.07, 6.45) is 0.716. The van der Waals surface area contributed by atoms with Crippen molar-refractivity contribution in [1.29, 1.82) is 0 Å². The minimum absolute atomic E-state index is 0.140. The molecule has 0 aromatic heterocycles. The molecule has 2 aromatic carbocycles. The molecule has 0 saturated heterocycles. The van der Waals surface area contributed by atoms with Gasteiger partial charge in [-0.3, -0.25) is 14.3 Å². The van der Waals surface area contributed by atoms with E-state index in [4.69, 9.17) is 9.47 Å². The van der Waals surface area contributed by atoms with Crippen LogP contribution in [0.1, 0.15) is 35.7 Å². The van der Waals surface area contributed by atoms with Crippen molar-refractivity contribution in [2.24, 2.45) is 0 Å². The Bertz CT molecular complexity index is 936. The Morgan fingerprint density at radius 2 is 1.66 bits per heavy atom. The highest BCUT2D eigenvalue weighted by Gasteiger charge is 2.19. The zero-order valence-electron chi connectivity index (χ0n) is 16.7. The first kappa shape index (κ1) is 22.4. The van der Waals surface area contributed by atoms with Gasteiger partial charge in [0.1, 0.15) is 5.75 Å². The molecule has 1 N–H and O–H groups in total. The highest BCUT2D eigenvalue weighted by atomic mass is 32.2. The first-order chi connectivity index (χ1) is 13.6. The molecule has 29 heavy (non-hydrogen) atoms. The van der Waals surface area contributed by atoms with Gasteiger partial charge in [-0.25, -0.2) is 8.42 Å². The number of hydrogen-bond donors (Lipinski definition) is 1. The van der Waals surface area contributed by atoms with E-state index in [0.717, 1.165) is 17.6 Å². The minimum Gasteiger partial charge on any atom is -0.494 e. The summed E-state index contributed by atoms with van der Waals surface area (Å²) in [6, 6.07) is 13.5. The van der Waals surface area contributed by atoms with E-state index < -0.39 is 22.1 Å². The summed E-state index contributed by atoms with van der Waals surface area (Å²) in [4.78, 5) is 24.3. The number of esters is 1. The molecule has 2 aromatic rings. The van der Waals surface area contributed by atoms with E-state index in [1.165, 1.54) is 31.2 Å². The fourth-order valence-corrected chi connectivity index (χ4v) is 3.07. The Morgan fingerprint density at radius 1 is 1.03 bits per heavy atom. The molecule has 1 atom stereocenters. The number of aryl methyl sites for hydroxylation is 1. The lowest BCUT2D eigenvalue weighted by Crippen LogP contribution is -2.24. The standard InChI is InChI=1S/C21H25NO6S/c1-15-6-12-19(13-7-15)27-14-4-5-20(23)28-16(2)21(24)17-8-10-18(11-9-17)22-29(3,25)26/h6-13,16,22H,4-5,14H2,1-3H3. The van der Waals surface area contributed by atoms with Gasteiger partial charge in [-0.05, 0) is 56.7 Å². The van der Waals surface area contributed by atoms with Gasteiger partial charge in [-0.1, -0.05) is 17.7 Å². The molecule has 8 heteroatoms. The molecule has 0 saturated carbocycles. The van der Waals surface area contributed by atoms with Crippen LogP contribution in [0.15, 0.2) is 48.5 Å². The maximum Gasteiger partial charge on any atom is 0.306 e. The largest absolute Gasteiger partial charge is 0.494 e. The molecule has 156 valence electrons.